The lowest BCUT2D eigenvalue weighted by atomic mass is 10.1. The molecule has 0 radical (unpaired) electrons. The first-order valence-electron chi connectivity index (χ1n) is 8.67. The number of carbonyl (C=O) groups is 2. The lowest BCUT2D eigenvalue weighted by molar-refractivity contribution is -0.128. The molecular formula is C20H22N2O5. The number of aliphatic hydroxyl groups excluding tert-OH is 1. The average Bonchev–Trinajstić information content (AvgIpc) is 2.95. The number of nitrogens with one attached hydrogen (secondary N) is 1. The Bertz CT molecular complexity index is 779. The quantitative estimate of drug-likeness (QED) is 0.689. The number of urea groups is 1. The molecule has 7 nitrogen and oxygen atoms in total. The van der Waals surface area contributed by atoms with E-state index in [9.17, 15) is 14.7 Å². The minimum Gasteiger partial charge on any atom is -0.497 e. The summed E-state index contributed by atoms with van der Waals surface area (Å²) in [5.74, 6) is 0.924. The van der Waals surface area contributed by atoms with Gasteiger partial charge in [-0.05, 0) is 29.8 Å². The van der Waals surface area contributed by atoms with E-state index in [0.29, 0.717) is 17.9 Å². The summed E-state index contributed by atoms with van der Waals surface area (Å²) in [7, 11) is 1.57. The van der Waals surface area contributed by atoms with E-state index in [1.54, 1.807) is 31.4 Å². The largest absolute Gasteiger partial charge is 0.497 e. The molecule has 27 heavy (non-hydrogen) atoms. The Balaban J connectivity index is 1.51. The number of ether oxygens (including phenoxy) is 2. The summed E-state index contributed by atoms with van der Waals surface area (Å²) in [4.78, 5) is 25.6. The number of benzene rings is 2. The standard InChI is InChI=1S/C20H22N2O5/c1-26-16-7-9-17(10-8-16)27-13-15(23)12-22-19(24)18(21-20(22)25)11-14-5-3-2-4-6-14/h2-10,15,18,23H,11-13H2,1H3,(H,21,25)/t15-,18-/m0/s1. The number of hydrogen-bond acceptors (Lipinski definition) is 5. The van der Waals surface area contributed by atoms with Gasteiger partial charge in [-0.3, -0.25) is 9.69 Å². The fourth-order valence-corrected chi connectivity index (χ4v) is 2.87. The predicted molar refractivity (Wildman–Crippen MR) is 98.7 cm³/mol. The summed E-state index contributed by atoms with van der Waals surface area (Å²) in [5.41, 5.74) is 0.960. The molecule has 2 atom stereocenters. The van der Waals surface area contributed by atoms with Crippen molar-refractivity contribution in [2.75, 3.05) is 20.3 Å². The number of imide groups is 1. The lowest BCUT2D eigenvalue weighted by Gasteiger charge is -2.18. The van der Waals surface area contributed by atoms with Gasteiger partial charge < -0.3 is 19.9 Å². The molecule has 0 aromatic heterocycles. The Morgan fingerprint density at radius 1 is 1.07 bits per heavy atom. The normalized spacial score (nSPS) is 17.6. The zero-order valence-electron chi connectivity index (χ0n) is 15.0. The van der Waals surface area contributed by atoms with Crippen LogP contribution in [-0.4, -0.2) is 54.4 Å². The lowest BCUT2D eigenvalue weighted by Crippen LogP contribution is -2.40. The van der Waals surface area contributed by atoms with Gasteiger partial charge in [0.05, 0.1) is 13.7 Å². The fourth-order valence-electron chi connectivity index (χ4n) is 2.87. The number of aliphatic hydroxyl groups is 1. The molecule has 3 amide bonds. The molecule has 0 bridgehead atoms. The van der Waals surface area contributed by atoms with Crippen molar-refractivity contribution in [3.8, 4) is 11.5 Å². The Hall–Kier alpha value is -3.06. The first-order valence-corrected chi connectivity index (χ1v) is 8.67. The molecule has 2 aromatic carbocycles. The first kappa shape index (κ1) is 18.7. The minimum absolute atomic E-state index is 0.0350. The molecule has 1 fully saturated rings. The van der Waals surface area contributed by atoms with Gasteiger partial charge >= 0.3 is 6.03 Å². The maximum atomic E-state index is 12.5. The SMILES string of the molecule is COc1ccc(OC[C@@H](O)CN2C(=O)N[C@@H](Cc3ccccc3)C2=O)cc1. The van der Waals surface area contributed by atoms with Crippen molar-refractivity contribution in [3.05, 3.63) is 60.2 Å². The molecule has 2 aromatic rings. The van der Waals surface area contributed by atoms with Crippen LogP contribution < -0.4 is 14.8 Å². The number of nitrogens with zero attached hydrogens (tertiary/aromatic N) is 1. The third-order valence-electron chi connectivity index (χ3n) is 4.28. The Morgan fingerprint density at radius 2 is 1.74 bits per heavy atom. The van der Waals surface area contributed by atoms with Crippen LogP contribution in [0.3, 0.4) is 0 Å². The molecule has 0 spiro atoms. The van der Waals surface area contributed by atoms with Crippen LogP contribution in [0.5, 0.6) is 11.5 Å². The van der Waals surface area contributed by atoms with Gasteiger partial charge in [-0.2, -0.15) is 0 Å². The number of amides is 3. The van der Waals surface area contributed by atoms with E-state index < -0.39 is 18.2 Å². The third kappa shape index (κ3) is 4.77. The minimum atomic E-state index is -0.989. The number of rotatable bonds is 8. The van der Waals surface area contributed by atoms with Crippen LogP contribution in [-0.2, 0) is 11.2 Å². The molecule has 0 unspecified atom stereocenters. The van der Waals surface area contributed by atoms with Crippen LogP contribution in [0.25, 0.3) is 0 Å². The third-order valence-corrected chi connectivity index (χ3v) is 4.28. The zero-order valence-corrected chi connectivity index (χ0v) is 15.0. The highest BCUT2D eigenvalue weighted by molar-refractivity contribution is 6.04. The molecule has 3 rings (SSSR count). The molecule has 0 saturated carbocycles. The van der Waals surface area contributed by atoms with Gasteiger partial charge in [0, 0.05) is 6.42 Å². The summed E-state index contributed by atoms with van der Waals surface area (Å²) in [6.45, 7) is -0.154. The van der Waals surface area contributed by atoms with Crippen LogP contribution >= 0.6 is 0 Å². The summed E-state index contributed by atoms with van der Waals surface area (Å²) in [6, 6.07) is 15.3. The molecule has 1 aliphatic rings. The van der Waals surface area contributed by atoms with E-state index in [4.69, 9.17) is 9.47 Å². The van der Waals surface area contributed by atoms with Crippen molar-refractivity contribution >= 4 is 11.9 Å². The Labute approximate surface area is 157 Å². The van der Waals surface area contributed by atoms with E-state index >= 15 is 0 Å². The number of hydrogen-bond donors (Lipinski definition) is 2. The number of β-amino-alcohol motifs (C(OH)–C–C–N with tert-alkyl or cyclic N) is 1. The monoisotopic (exact) mass is 370 g/mol. The van der Waals surface area contributed by atoms with Gasteiger partial charge in [-0.25, -0.2) is 4.79 Å². The van der Waals surface area contributed by atoms with Crippen molar-refractivity contribution in [1.29, 1.82) is 0 Å². The maximum absolute atomic E-state index is 12.5. The molecule has 1 saturated heterocycles. The van der Waals surface area contributed by atoms with Crippen molar-refractivity contribution in [1.82, 2.24) is 10.2 Å². The smallest absolute Gasteiger partial charge is 0.324 e. The van der Waals surface area contributed by atoms with Crippen LogP contribution in [0.15, 0.2) is 54.6 Å². The molecular weight excluding hydrogens is 348 g/mol. The van der Waals surface area contributed by atoms with Gasteiger partial charge in [-0.1, -0.05) is 30.3 Å². The van der Waals surface area contributed by atoms with Crippen LogP contribution in [0.2, 0.25) is 0 Å². The van der Waals surface area contributed by atoms with Crippen LogP contribution in [0, 0.1) is 0 Å². The summed E-state index contributed by atoms with van der Waals surface area (Å²) < 4.78 is 10.6. The van der Waals surface area contributed by atoms with E-state index in [0.717, 1.165) is 10.5 Å². The summed E-state index contributed by atoms with van der Waals surface area (Å²) >= 11 is 0. The zero-order chi connectivity index (χ0) is 19.2. The van der Waals surface area contributed by atoms with Gasteiger partial charge in [-0.15, -0.1) is 0 Å². The van der Waals surface area contributed by atoms with Crippen molar-refractivity contribution < 1.29 is 24.2 Å². The van der Waals surface area contributed by atoms with Gasteiger partial charge in [0.1, 0.15) is 30.3 Å². The summed E-state index contributed by atoms with van der Waals surface area (Å²) in [5, 5.41) is 12.8. The average molecular weight is 370 g/mol. The van der Waals surface area contributed by atoms with E-state index in [2.05, 4.69) is 5.32 Å². The topological polar surface area (TPSA) is 88.1 Å². The van der Waals surface area contributed by atoms with Gasteiger partial charge in [0.15, 0.2) is 0 Å². The number of methoxy groups -OCH3 is 1. The highest BCUT2D eigenvalue weighted by atomic mass is 16.5. The molecule has 0 aliphatic carbocycles. The Morgan fingerprint density at radius 3 is 2.41 bits per heavy atom. The molecule has 1 aliphatic heterocycles. The van der Waals surface area contributed by atoms with Gasteiger partial charge in [0.2, 0.25) is 0 Å². The van der Waals surface area contributed by atoms with Crippen LogP contribution in [0.4, 0.5) is 4.79 Å². The van der Waals surface area contributed by atoms with Crippen LogP contribution in [0.1, 0.15) is 5.56 Å². The van der Waals surface area contributed by atoms with Crippen molar-refractivity contribution in [2.24, 2.45) is 0 Å². The molecule has 1 heterocycles. The van der Waals surface area contributed by atoms with E-state index in [-0.39, 0.29) is 19.1 Å². The van der Waals surface area contributed by atoms with Crippen molar-refractivity contribution in [3.63, 3.8) is 0 Å². The molecule has 142 valence electrons. The highest BCUT2D eigenvalue weighted by Crippen LogP contribution is 2.17. The second-order valence-corrected chi connectivity index (χ2v) is 6.28. The van der Waals surface area contributed by atoms with Crippen molar-refractivity contribution in [2.45, 2.75) is 18.6 Å². The fraction of sp³-hybridized carbons (Fsp3) is 0.300. The second kappa shape index (κ2) is 8.55. The highest BCUT2D eigenvalue weighted by Gasteiger charge is 2.38. The predicted octanol–water partition coefficient (Wildman–Crippen LogP) is 1.60. The van der Waals surface area contributed by atoms with E-state index in [1.807, 2.05) is 30.3 Å². The second-order valence-electron chi connectivity index (χ2n) is 6.28. The number of carbonyl (C=O) groups excluding carboxylic acids is 2. The van der Waals surface area contributed by atoms with Gasteiger partial charge in [0.25, 0.3) is 5.91 Å². The molecule has 7 heteroatoms. The molecule has 2 N–H and O–H groups in total. The first-order chi connectivity index (χ1) is 13.1. The Kier molecular flexibility index (Phi) is 5.93. The summed E-state index contributed by atoms with van der Waals surface area (Å²) in [6.07, 6.45) is -0.572. The maximum Gasteiger partial charge on any atom is 0.324 e. The van der Waals surface area contributed by atoms with E-state index in [1.165, 1.54) is 0 Å².